The highest BCUT2D eigenvalue weighted by Crippen LogP contribution is 2.25. The lowest BCUT2D eigenvalue weighted by Gasteiger charge is -2.18. The number of halogens is 1. The molecule has 0 fully saturated rings. The highest BCUT2D eigenvalue weighted by atomic mass is 35.5. The maximum absolute atomic E-state index is 11.5. The minimum atomic E-state index is -0.511. The summed E-state index contributed by atoms with van der Waals surface area (Å²) in [6, 6.07) is 5.54. The van der Waals surface area contributed by atoms with E-state index in [0.717, 1.165) is 11.1 Å². The molecule has 1 N–H and O–H groups in total. The number of ether oxygens (including phenoxy) is 2. The van der Waals surface area contributed by atoms with Gasteiger partial charge in [-0.15, -0.1) is 0 Å². The second-order valence-corrected chi connectivity index (χ2v) is 5.41. The van der Waals surface area contributed by atoms with Gasteiger partial charge in [-0.3, -0.25) is 4.79 Å². The second-order valence-electron chi connectivity index (χ2n) is 4.97. The van der Waals surface area contributed by atoms with Gasteiger partial charge in [0.25, 0.3) is 0 Å². The predicted molar refractivity (Wildman–Crippen MR) is 82.5 cm³/mol. The van der Waals surface area contributed by atoms with Gasteiger partial charge in [-0.2, -0.15) is 0 Å². The Balaban J connectivity index is 2.76. The highest BCUT2D eigenvalue weighted by molar-refractivity contribution is 6.30. The van der Waals surface area contributed by atoms with Gasteiger partial charge in [0.15, 0.2) is 0 Å². The molecule has 0 unspecified atom stereocenters. The van der Waals surface area contributed by atoms with Gasteiger partial charge in [0, 0.05) is 11.4 Å². The van der Waals surface area contributed by atoms with E-state index >= 15 is 0 Å². The molecule has 0 aromatic heterocycles. The number of carbonyl (C=O) groups is 1. The summed E-state index contributed by atoms with van der Waals surface area (Å²) in [5.41, 5.74) is 1.94. The van der Waals surface area contributed by atoms with Crippen LogP contribution in [0.3, 0.4) is 0 Å². The summed E-state index contributed by atoms with van der Waals surface area (Å²) in [5, 5.41) is 9.91. The van der Waals surface area contributed by atoms with Crippen LogP contribution in [0.4, 0.5) is 0 Å². The lowest BCUT2D eigenvalue weighted by atomic mass is 9.99. The summed E-state index contributed by atoms with van der Waals surface area (Å²) < 4.78 is 10.6. The smallest absolute Gasteiger partial charge is 0.306 e. The van der Waals surface area contributed by atoms with E-state index in [9.17, 15) is 9.90 Å². The first-order valence-corrected chi connectivity index (χ1v) is 7.55. The van der Waals surface area contributed by atoms with Crippen molar-refractivity contribution in [2.24, 2.45) is 0 Å². The van der Waals surface area contributed by atoms with Crippen LogP contribution in [0.1, 0.15) is 44.4 Å². The zero-order chi connectivity index (χ0) is 15.8. The molecule has 0 aliphatic rings. The van der Waals surface area contributed by atoms with Crippen molar-refractivity contribution in [2.45, 2.75) is 45.8 Å². The molecular formula is C16H23ClO4. The maximum Gasteiger partial charge on any atom is 0.306 e. The van der Waals surface area contributed by atoms with Crippen molar-refractivity contribution in [3.8, 4) is 0 Å². The van der Waals surface area contributed by atoms with E-state index in [2.05, 4.69) is 0 Å². The maximum atomic E-state index is 11.5. The molecule has 0 saturated carbocycles. The Hall–Kier alpha value is -1.10. The highest BCUT2D eigenvalue weighted by Gasteiger charge is 2.14. The molecule has 0 radical (unpaired) electrons. The van der Waals surface area contributed by atoms with Crippen molar-refractivity contribution in [3.63, 3.8) is 0 Å². The second kappa shape index (κ2) is 9.03. The number of benzene rings is 1. The molecule has 0 spiro atoms. The van der Waals surface area contributed by atoms with Crippen molar-refractivity contribution < 1.29 is 19.4 Å². The summed E-state index contributed by atoms with van der Waals surface area (Å²) in [5.74, 6) is -0.221. The van der Waals surface area contributed by atoms with Crippen LogP contribution in [0, 0.1) is 0 Å². The van der Waals surface area contributed by atoms with Crippen LogP contribution in [0.2, 0.25) is 5.02 Å². The minimum absolute atomic E-state index is 0.172. The van der Waals surface area contributed by atoms with Crippen molar-refractivity contribution in [1.29, 1.82) is 0 Å². The van der Waals surface area contributed by atoms with E-state index in [-0.39, 0.29) is 18.7 Å². The lowest BCUT2D eigenvalue weighted by Crippen LogP contribution is -2.14. The first-order valence-electron chi connectivity index (χ1n) is 7.17. The van der Waals surface area contributed by atoms with E-state index in [1.165, 1.54) is 0 Å². The Labute approximate surface area is 131 Å². The van der Waals surface area contributed by atoms with E-state index < -0.39 is 6.10 Å². The molecule has 118 valence electrons. The van der Waals surface area contributed by atoms with Gasteiger partial charge in [0.2, 0.25) is 0 Å². The van der Waals surface area contributed by atoms with Gasteiger partial charge < -0.3 is 14.6 Å². The molecule has 4 nitrogen and oxygen atoms in total. The number of aliphatic hydroxyl groups is 1. The summed E-state index contributed by atoms with van der Waals surface area (Å²) in [6.45, 7) is 6.03. The molecule has 0 amide bonds. The Morgan fingerprint density at radius 3 is 2.71 bits per heavy atom. The standard InChI is InChI=1S/C16H23ClO4/c1-4-20-16(19)8-5-13-9-14(17)6-7-15(13)12(3)21-10-11(2)18/h6-7,9,11-12,18H,4-5,8,10H2,1-3H3/t11-,12-/m1/s1. The van der Waals surface area contributed by atoms with Gasteiger partial charge >= 0.3 is 5.97 Å². The average Bonchev–Trinajstić information content (AvgIpc) is 2.43. The van der Waals surface area contributed by atoms with Gasteiger partial charge in [0.05, 0.1) is 25.4 Å². The van der Waals surface area contributed by atoms with Gasteiger partial charge in [0.1, 0.15) is 0 Å². The number of carbonyl (C=O) groups excluding carboxylic acids is 1. The zero-order valence-corrected chi connectivity index (χ0v) is 13.5. The molecule has 1 aromatic rings. The number of hydrogen-bond donors (Lipinski definition) is 1. The molecule has 0 aliphatic heterocycles. The summed E-state index contributed by atoms with van der Waals surface area (Å²) >= 11 is 6.03. The normalized spacial score (nSPS) is 13.8. The van der Waals surface area contributed by atoms with Crippen molar-refractivity contribution >= 4 is 17.6 Å². The molecule has 1 rings (SSSR count). The van der Waals surface area contributed by atoms with E-state index in [1.807, 2.05) is 19.1 Å². The quantitative estimate of drug-likeness (QED) is 0.748. The fourth-order valence-electron chi connectivity index (χ4n) is 2.03. The zero-order valence-electron chi connectivity index (χ0n) is 12.8. The van der Waals surface area contributed by atoms with Crippen molar-refractivity contribution in [3.05, 3.63) is 34.3 Å². The largest absolute Gasteiger partial charge is 0.466 e. The van der Waals surface area contributed by atoms with Crippen LogP contribution in [0.15, 0.2) is 18.2 Å². The molecule has 0 aliphatic carbocycles. The molecule has 0 saturated heterocycles. The molecule has 0 heterocycles. The summed E-state index contributed by atoms with van der Waals surface area (Å²) in [4.78, 5) is 11.5. The number of aliphatic hydroxyl groups excluding tert-OH is 1. The van der Waals surface area contributed by atoms with Gasteiger partial charge in [-0.25, -0.2) is 0 Å². The van der Waals surface area contributed by atoms with Crippen LogP contribution in [-0.2, 0) is 20.7 Å². The molecule has 0 bridgehead atoms. The molecule has 5 heteroatoms. The summed E-state index contributed by atoms with van der Waals surface area (Å²) in [6.07, 6.45) is 0.179. The number of hydrogen-bond acceptors (Lipinski definition) is 4. The van der Waals surface area contributed by atoms with Crippen molar-refractivity contribution in [1.82, 2.24) is 0 Å². The van der Waals surface area contributed by atoms with E-state index in [1.54, 1.807) is 19.9 Å². The molecule has 21 heavy (non-hydrogen) atoms. The van der Waals surface area contributed by atoms with Crippen LogP contribution in [0.5, 0.6) is 0 Å². The third-order valence-electron chi connectivity index (χ3n) is 3.03. The van der Waals surface area contributed by atoms with Crippen LogP contribution < -0.4 is 0 Å². The average molecular weight is 315 g/mol. The Bertz CT molecular complexity index is 460. The predicted octanol–water partition coefficient (Wildman–Crippen LogP) is 3.29. The Kier molecular flexibility index (Phi) is 7.72. The number of aryl methyl sites for hydroxylation is 1. The van der Waals surface area contributed by atoms with Crippen LogP contribution in [0.25, 0.3) is 0 Å². The fraction of sp³-hybridized carbons (Fsp3) is 0.562. The topological polar surface area (TPSA) is 55.8 Å². The van der Waals surface area contributed by atoms with E-state index in [4.69, 9.17) is 21.1 Å². The number of esters is 1. The Morgan fingerprint density at radius 1 is 1.38 bits per heavy atom. The van der Waals surface area contributed by atoms with Crippen LogP contribution in [-0.4, -0.2) is 30.4 Å². The van der Waals surface area contributed by atoms with Crippen molar-refractivity contribution in [2.75, 3.05) is 13.2 Å². The van der Waals surface area contributed by atoms with Gasteiger partial charge in [-0.1, -0.05) is 17.7 Å². The number of rotatable bonds is 8. The monoisotopic (exact) mass is 314 g/mol. The van der Waals surface area contributed by atoms with Gasteiger partial charge in [-0.05, 0) is 50.5 Å². The fourth-order valence-corrected chi connectivity index (χ4v) is 2.23. The minimum Gasteiger partial charge on any atom is -0.466 e. The van der Waals surface area contributed by atoms with Crippen LogP contribution >= 0.6 is 11.6 Å². The first-order chi connectivity index (χ1) is 9.93. The molecule has 2 atom stereocenters. The SMILES string of the molecule is CCOC(=O)CCc1cc(Cl)ccc1[C@@H](C)OC[C@@H](C)O. The third-order valence-corrected chi connectivity index (χ3v) is 3.27. The molecular weight excluding hydrogens is 292 g/mol. The molecule has 1 aromatic carbocycles. The third kappa shape index (κ3) is 6.46. The van der Waals surface area contributed by atoms with E-state index in [0.29, 0.717) is 24.5 Å². The Morgan fingerprint density at radius 2 is 2.10 bits per heavy atom. The first kappa shape index (κ1) is 18.0. The lowest BCUT2D eigenvalue weighted by molar-refractivity contribution is -0.143. The summed E-state index contributed by atoms with van der Waals surface area (Å²) in [7, 11) is 0.